The van der Waals surface area contributed by atoms with Crippen molar-refractivity contribution in [2.24, 2.45) is 0 Å². The predicted molar refractivity (Wildman–Crippen MR) is 90.9 cm³/mol. The molecule has 0 spiro atoms. The minimum atomic E-state index is -0.463. The Hall–Kier alpha value is -0.660. The summed E-state index contributed by atoms with van der Waals surface area (Å²) in [5, 5.41) is 2.26. The number of ether oxygens (including phenoxy) is 1. The van der Waals surface area contributed by atoms with Gasteiger partial charge < -0.3 is 9.64 Å². The van der Waals surface area contributed by atoms with E-state index in [2.05, 4.69) is 9.97 Å². The van der Waals surface area contributed by atoms with Gasteiger partial charge in [-0.15, -0.1) is 11.8 Å². The standard InChI is InChI=1S/C14H20ClN3O2S2/c1-14(2,3)20-13(19)18-6-5-9(8-18)22-11-7-10(15)16-12(17-11)21-4/h7,9H,5-6,8H2,1-4H3/t9-/m0/s1. The molecule has 1 aromatic rings. The summed E-state index contributed by atoms with van der Waals surface area (Å²) in [5.74, 6) is 0. The zero-order chi connectivity index (χ0) is 16.3. The molecule has 8 heteroatoms. The van der Waals surface area contributed by atoms with Gasteiger partial charge in [-0.25, -0.2) is 14.8 Å². The van der Waals surface area contributed by atoms with Crippen LogP contribution in [0.15, 0.2) is 16.2 Å². The molecule has 2 heterocycles. The fourth-order valence-corrected chi connectivity index (χ4v) is 3.89. The minimum Gasteiger partial charge on any atom is -0.444 e. The zero-order valence-electron chi connectivity index (χ0n) is 13.1. The molecule has 1 aliphatic rings. The Bertz CT molecular complexity index is 551. The summed E-state index contributed by atoms with van der Waals surface area (Å²) in [6, 6.07) is 1.77. The summed E-state index contributed by atoms with van der Waals surface area (Å²) in [6.45, 7) is 7.00. The van der Waals surface area contributed by atoms with E-state index in [1.807, 2.05) is 27.0 Å². The number of amides is 1. The fraction of sp³-hybridized carbons (Fsp3) is 0.643. The molecule has 1 amide bonds. The molecule has 0 radical (unpaired) electrons. The van der Waals surface area contributed by atoms with E-state index in [9.17, 15) is 4.79 Å². The van der Waals surface area contributed by atoms with Crippen molar-refractivity contribution in [3.63, 3.8) is 0 Å². The van der Waals surface area contributed by atoms with Gasteiger partial charge in [0.05, 0.1) is 0 Å². The van der Waals surface area contributed by atoms with Crippen LogP contribution in [-0.2, 0) is 4.74 Å². The molecular formula is C14H20ClN3O2S2. The van der Waals surface area contributed by atoms with Crippen molar-refractivity contribution < 1.29 is 9.53 Å². The molecule has 1 aliphatic heterocycles. The van der Waals surface area contributed by atoms with Crippen LogP contribution in [0.4, 0.5) is 4.79 Å². The second-order valence-electron chi connectivity index (χ2n) is 5.97. The number of rotatable bonds is 3. The van der Waals surface area contributed by atoms with Gasteiger partial charge in [-0.2, -0.15) is 0 Å². The van der Waals surface area contributed by atoms with Crippen molar-refractivity contribution in [1.29, 1.82) is 0 Å². The van der Waals surface area contributed by atoms with Gasteiger partial charge in [-0.3, -0.25) is 0 Å². The first-order valence-corrected chi connectivity index (χ1v) is 9.48. The highest BCUT2D eigenvalue weighted by atomic mass is 35.5. The number of hydrogen-bond donors (Lipinski definition) is 0. The molecule has 1 aromatic heterocycles. The quantitative estimate of drug-likeness (QED) is 0.461. The van der Waals surface area contributed by atoms with Gasteiger partial charge in [0, 0.05) is 24.4 Å². The molecule has 122 valence electrons. The number of hydrogen-bond acceptors (Lipinski definition) is 6. The topological polar surface area (TPSA) is 55.3 Å². The number of halogens is 1. The normalized spacial score (nSPS) is 18.6. The van der Waals surface area contributed by atoms with E-state index in [1.165, 1.54) is 11.8 Å². The molecule has 5 nitrogen and oxygen atoms in total. The molecule has 1 saturated heterocycles. The minimum absolute atomic E-state index is 0.249. The Morgan fingerprint density at radius 2 is 2.18 bits per heavy atom. The Morgan fingerprint density at radius 3 is 2.82 bits per heavy atom. The Morgan fingerprint density at radius 1 is 1.45 bits per heavy atom. The van der Waals surface area contributed by atoms with Crippen LogP contribution in [0.3, 0.4) is 0 Å². The SMILES string of the molecule is CSc1nc(Cl)cc(S[C@H]2CCN(C(=O)OC(C)(C)C)C2)n1. The van der Waals surface area contributed by atoms with Crippen LogP contribution in [-0.4, -0.2) is 51.2 Å². The highest BCUT2D eigenvalue weighted by Gasteiger charge is 2.30. The lowest BCUT2D eigenvalue weighted by Crippen LogP contribution is -2.35. The molecule has 0 bridgehead atoms. The fourth-order valence-electron chi connectivity index (χ4n) is 2.02. The molecule has 22 heavy (non-hydrogen) atoms. The number of carbonyl (C=O) groups excluding carboxylic acids is 1. The third-order valence-electron chi connectivity index (χ3n) is 2.92. The molecule has 0 aromatic carbocycles. The van der Waals surface area contributed by atoms with E-state index in [0.29, 0.717) is 28.6 Å². The van der Waals surface area contributed by atoms with Crippen molar-refractivity contribution in [2.45, 2.75) is 48.2 Å². The lowest BCUT2D eigenvalue weighted by molar-refractivity contribution is 0.0295. The molecular weight excluding hydrogens is 342 g/mol. The van der Waals surface area contributed by atoms with E-state index >= 15 is 0 Å². The number of thioether (sulfide) groups is 2. The van der Waals surface area contributed by atoms with Gasteiger partial charge in [-0.1, -0.05) is 23.4 Å². The summed E-state index contributed by atoms with van der Waals surface area (Å²) in [7, 11) is 0. The largest absolute Gasteiger partial charge is 0.444 e. The van der Waals surface area contributed by atoms with Gasteiger partial charge in [0.1, 0.15) is 15.8 Å². The van der Waals surface area contributed by atoms with Crippen molar-refractivity contribution >= 4 is 41.2 Å². The molecule has 1 fully saturated rings. The molecule has 2 rings (SSSR count). The van der Waals surface area contributed by atoms with Crippen LogP contribution in [0.1, 0.15) is 27.2 Å². The van der Waals surface area contributed by atoms with Crippen LogP contribution < -0.4 is 0 Å². The number of nitrogens with zero attached hydrogens (tertiary/aromatic N) is 3. The summed E-state index contributed by atoms with van der Waals surface area (Å²) in [6.07, 6.45) is 2.58. The third-order valence-corrected chi connectivity index (χ3v) is 4.83. The highest BCUT2D eigenvalue weighted by Crippen LogP contribution is 2.31. The van der Waals surface area contributed by atoms with Gasteiger partial charge in [-0.05, 0) is 33.4 Å². The maximum absolute atomic E-state index is 12.1. The van der Waals surface area contributed by atoms with Crippen molar-refractivity contribution in [2.75, 3.05) is 19.3 Å². The first-order chi connectivity index (χ1) is 10.3. The molecule has 1 atom stereocenters. The maximum Gasteiger partial charge on any atom is 0.410 e. The maximum atomic E-state index is 12.1. The Kier molecular flexibility index (Phi) is 5.85. The smallest absolute Gasteiger partial charge is 0.410 e. The molecule has 0 unspecified atom stereocenters. The van der Waals surface area contributed by atoms with Gasteiger partial charge in [0.15, 0.2) is 5.16 Å². The lowest BCUT2D eigenvalue weighted by atomic mass is 10.2. The first kappa shape index (κ1) is 17.7. The van der Waals surface area contributed by atoms with E-state index in [1.54, 1.807) is 22.7 Å². The van der Waals surface area contributed by atoms with E-state index in [4.69, 9.17) is 16.3 Å². The number of likely N-dealkylation sites (tertiary alicyclic amines) is 1. The highest BCUT2D eigenvalue weighted by molar-refractivity contribution is 8.00. The summed E-state index contributed by atoms with van der Waals surface area (Å²) >= 11 is 9.10. The predicted octanol–water partition coefficient (Wildman–Crippen LogP) is 3.95. The lowest BCUT2D eigenvalue weighted by Gasteiger charge is -2.24. The number of carbonyl (C=O) groups is 1. The molecule has 0 saturated carbocycles. The van der Waals surface area contributed by atoms with E-state index < -0.39 is 5.60 Å². The zero-order valence-corrected chi connectivity index (χ0v) is 15.5. The molecule has 0 N–H and O–H groups in total. The Balaban J connectivity index is 1.94. The van der Waals surface area contributed by atoms with Gasteiger partial charge in [0.25, 0.3) is 0 Å². The van der Waals surface area contributed by atoms with Crippen LogP contribution in [0.2, 0.25) is 5.15 Å². The second kappa shape index (κ2) is 7.27. The van der Waals surface area contributed by atoms with Crippen LogP contribution >= 0.6 is 35.1 Å². The third kappa shape index (κ3) is 5.21. The average molecular weight is 362 g/mol. The molecule has 0 aliphatic carbocycles. The monoisotopic (exact) mass is 361 g/mol. The van der Waals surface area contributed by atoms with Gasteiger partial charge in [0.2, 0.25) is 0 Å². The summed E-state index contributed by atoms with van der Waals surface area (Å²) < 4.78 is 5.40. The van der Waals surface area contributed by atoms with Crippen LogP contribution in [0, 0.1) is 0 Å². The number of aromatic nitrogens is 2. The van der Waals surface area contributed by atoms with Crippen molar-refractivity contribution in [3.05, 3.63) is 11.2 Å². The van der Waals surface area contributed by atoms with Crippen molar-refractivity contribution in [3.8, 4) is 0 Å². The average Bonchev–Trinajstić information content (AvgIpc) is 2.84. The summed E-state index contributed by atoms with van der Waals surface area (Å²) in [4.78, 5) is 22.4. The van der Waals surface area contributed by atoms with Gasteiger partial charge >= 0.3 is 6.09 Å². The van der Waals surface area contributed by atoms with Crippen molar-refractivity contribution in [1.82, 2.24) is 14.9 Å². The summed E-state index contributed by atoms with van der Waals surface area (Å²) in [5.41, 5.74) is -0.463. The van der Waals surface area contributed by atoms with E-state index in [0.717, 1.165) is 11.4 Å². The Labute approximate surface area is 144 Å². The first-order valence-electron chi connectivity index (χ1n) is 7.00. The second-order valence-corrected chi connectivity index (χ2v) is 8.45. The van der Waals surface area contributed by atoms with E-state index in [-0.39, 0.29) is 6.09 Å². The van der Waals surface area contributed by atoms with Crippen LogP contribution in [0.5, 0.6) is 0 Å². The van der Waals surface area contributed by atoms with Crippen LogP contribution in [0.25, 0.3) is 0 Å².